The van der Waals surface area contributed by atoms with Crippen LogP contribution in [0.4, 0.5) is 10.1 Å². The summed E-state index contributed by atoms with van der Waals surface area (Å²) in [4.78, 5) is 11.9. The van der Waals surface area contributed by atoms with E-state index < -0.39 is 5.82 Å². The van der Waals surface area contributed by atoms with Gasteiger partial charge in [-0.1, -0.05) is 0 Å². The van der Waals surface area contributed by atoms with Crippen LogP contribution < -0.4 is 10.6 Å². The second kappa shape index (κ2) is 6.55. The molecule has 0 spiro atoms. The Bertz CT molecular complexity index is 509. The van der Waals surface area contributed by atoms with Gasteiger partial charge in [0.1, 0.15) is 11.9 Å². The zero-order valence-electron chi connectivity index (χ0n) is 10.3. The maximum Gasteiger partial charge on any atom is 0.226 e. The zero-order valence-corrected chi connectivity index (χ0v) is 11.1. The summed E-state index contributed by atoms with van der Waals surface area (Å²) in [6.45, 7) is 0.905. The molecule has 1 aliphatic heterocycles. The van der Waals surface area contributed by atoms with E-state index in [9.17, 15) is 9.18 Å². The number of hydrogen-bond donors (Lipinski definition) is 2. The monoisotopic (exact) mass is 279 g/mol. The van der Waals surface area contributed by atoms with Crippen LogP contribution in [0.25, 0.3) is 0 Å². The quantitative estimate of drug-likeness (QED) is 0.884. The number of rotatable bonds is 3. The Labute approximate surface area is 115 Å². The third-order valence-corrected chi connectivity index (χ3v) is 3.94. The molecule has 1 amide bonds. The number of nitrogens with zero attached hydrogens (tertiary/aromatic N) is 1. The Morgan fingerprint density at radius 3 is 3.16 bits per heavy atom. The van der Waals surface area contributed by atoms with Crippen LogP contribution in [-0.2, 0) is 4.79 Å². The normalized spacial score (nSPS) is 18.6. The van der Waals surface area contributed by atoms with E-state index in [1.165, 1.54) is 12.1 Å². The van der Waals surface area contributed by atoms with Gasteiger partial charge in [0.15, 0.2) is 0 Å². The van der Waals surface area contributed by atoms with E-state index in [1.807, 2.05) is 17.8 Å². The SMILES string of the molecule is N#Cc1cc(F)ccc1NC(=O)CC1CSCCN1. The number of amides is 1. The second-order valence-corrected chi connectivity index (χ2v) is 5.43. The highest BCUT2D eigenvalue weighted by molar-refractivity contribution is 7.99. The molecule has 0 aliphatic carbocycles. The maximum atomic E-state index is 13.0. The molecule has 1 unspecified atom stereocenters. The summed E-state index contributed by atoms with van der Waals surface area (Å²) in [5.74, 6) is 1.32. The molecule has 0 bridgehead atoms. The first-order valence-electron chi connectivity index (χ1n) is 5.99. The van der Waals surface area contributed by atoms with Crippen molar-refractivity contribution in [3.05, 3.63) is 29.6 Å². The summed E-state index contributed by atoms with van der Waals surface area (Å²) < 4.78 is 13.0. The lowest BCUT2D eigenvalue weighted by atomic mass is 10.1. The van der Waals surface area contributed by atoms with Crippen molar-refractivity contribution in [2.45, 2.75) is 12.5 Å². The summed E-state index contributed by atoms with van der Waals surface area (Å²) >= 11 is 1.82. The Morgan fingerprint density at radius 2 is 2.47 bits per heavy atom. The number of nitrogens with one attached hydrogen (secondary N) is 2. The van der Waals surface area contributed by atoms with Crippen molar-refractivity contribution in [3.63, 3.8) is 0 Å². The molecule has 19 heavy (non-hydrogen) atoms. The first-order chi connectivity index (χ1) is 9.19. The first-order valence-corrected chi connectivity index (χ1v) is 7.15. The molecule has 0 aromatic heterocycles. The molecule has 1 atom stereocenters. The van der Waals surface area contributed by atoms with Crippen LogP contribution in [-0.4, -0.2) is 30.0 Å². The highest BCUT2D eigenvalue weighted by Gasteiger charge is 2.17. The van der Waals surface area contributed by atoms with Crippen LogP contribution in [0, 0.1) is 17.1 Å². The minimum Gasteiger partial charge on any atom is -0.325 e. The van der Waals surface area contributed by atoms with Gasteiger partial charge < -0.3 is 10.6 Å². The first kappa shape index (κ1) is 13.8. The number of benzene rings is 1. The van der Waals surface area contributed by atoms with Gasteiger partial charge >= 0.3 is 0 Å². The third kappa shape index (κ3) is 3.94. The van der Waals surface area contributed by atoms with Crippen LogP contribution in [0.3, 0.4) is 0 Å². The van der Waals surface area contributed by atoms with Crippen LogP contribution in [0.15, 0.2) is 18.2 Å². The van der Waals surface area contributed by atoms with Crippen molar-refractivity contribution in [2.75, 3.05) is 23.4 Å². The average Bonchev–Trinajstić information content (AvgIpc) is 2.42. The molecule has 1 fully saturated rings. The Balaban J connectivity index is 1.97. The number of thioether (sulfide) groups is 1. The second-order valence-electron chi connectivity index (χ2n) is 4.28. The lowest BCUT2D eigenvalue weighted by Crippen LogP contribution is -2.39. The molecule has 1 aromatic rings. The standard InChI is InChI=1S/C13H14FN3OS/c14-10-1-2-12(9(5-10)7-15)17-13(18)6-11-8-19-4-3-16-11/h1-2,5,11,16H,3-4,6,8H2,(H,17,18). The molecule has 1 heterocycles. The van der Waals surface area contributed by atoms with Crippen molar-refractivity contribution in [3.8, 4) is 6.07 Å². The molecule has 1 aliphatic rings. The largest absolute Gasteiger partial charge is 0.325 e. The molecule has 4 nitrogen and oxygen atoms in total. The molecular weight excluding hydrogens is 265 g/mol. The van der Waals surface area contributed by atoms with E-state index >= 15 is 0 Å². The fraction of sp³-hybridized carbons (Fsp3) is 0.385. The van der Waals surface area contributed by atoms with Gasteiger partial charge in [-0.2, -0.15) is 17.0 Å². The fourth-order valence-electron chi connectivity index (χ4n) is 1.89. The molecule has 2 N–H and O–H groups in total. The van der Waals surface area contributed by atoms with Crippen molar-refractivity contribution >= 4 is 23.4 Å². The maximum absolute atomic E-state index is 13.0. The van der Waals surface area contributed by atoms with Crippen LogP contribution in [0.1, 0.15) is 12.0 Å². The van der Waals surface area contributed by atoms with Gasteiger partial charge in [0.05, 0.1) is 11.3 Å². The minimum absolute atomic E-state index is 0.138. The number of hydrogen-bond acceptors (Lipinski definition) is 4. The smallest absolute Gasteiger partial charge is 0.226 e. The molecule has 0 saturated carbocycles. The van der Waals surface area contributed by atoms with Crippen LogP contribution in [0.5, 0.6) is 0 Å². The van der Waals surface area contributed by atoms with Crippen molar-refractivity contribution in [1.29, 1.82) is 5.26 Å². The predicted molar refractivity (Wildman–Crippen MR) is 73.5 cm³/mol. The third-order valence-electron chi connectivity index (χ3n) is 2.81. The molecule has 1 aromatic carbocycles. The van der Waals surface area contributed by atoms with Gasteiger partial charge in [-0.15, -0.1) is 0 Å². The lowest BCUT2D eigenvalue weighted by molar-refractivity contribution is -0.116. The fourth-order valence-corrected chi connectivity index (χ4v) is 2.84. The van der Waals surface area contributed by atoms with Gasteiger partial charge in [0.25, 0.3) is 0 Å². The van der Waals surface area contributed by atoms with Crippen LogP contribution >= 0.6 is 11.8 Å². The van der Waals surface area contributed by atoms with E-state index in [0.717, 1.165) is 24.1 Å². The van der Waals surface area contributed by atoms with E-state index in [2.05, 4.69) is 10.6 Å². The molecule has 100 valence electrons. The molecular formula is C13H14FN3OS. The Kier molecular flexibility index (Phi) is 4.77. The summed E-state index contributed by atoms with van der Waals surface area (Å²) in [6, 6.07) is 5.78. The summed E-state index contributed by atoms with van der Waals surface area (Å²) in [5, 5.41) is 14.8. The highest BCUT2D eigenvalue weighted by atomic mass is 32.2. The van der Waals surface area contributed by atoms with E-state index in [4.69, 9.17) is 5.26 Å². The van der Waals surface area contributed by atoms with Crippen molar-refractivity contribution in [1.82, 2.24) is 5.32 Å². The Morgan fingerprint density at radius 1 is 1.63 bits per heavy atom. The van der Waals surface area contributed by atoms with E-state index in [-0.39, 0.29) is 17.5 Å². The summed E-state index contributed by atoms with van der Waals surface area (Å²) in [5.41, 5.74) is 0.497. The zero-order chi connectivity index (χ0) is 13.7. The van der Waals surface area contributed by atoms with E-state index in [1.54, 1.807) is 0 Å². The van der Waals surface area contributed by atoms with Crippen LogP contribution in [0.2, 0.25) is 0 Å². The molecule has 6 heteroatoms. The van der Waals surface area contributed by atoms with Crippen molar-refractivity contribution in [2.24, 2.45) is 0 Å². The Hall–Kier alpha value is -1.58. The number of anilines is 1. The van der Waals surface area contributed by atoms with Gasteiger partial charge in [0.2, 0.25) is 5.91 Å². The molecule has 0 radical (unpaired) electrons. The predicted octanol–water partition coefficient (Wildman–Crippen LogP) is 1.73. The summed E-state index contributed by atoms with van der Waals surface area (Å²) in [6.07, 6.45) is 0.356. The number of nitriles is 1. The minimum atomic E-state index is -0.486. The number of carbonyl (C=O) groups is 1. The average molecular weight is 279 g/mol. The summed E-state index contributed by atoms with van der Waals surface area (Å²) in [7, 11) is 0. The van der Waals surface area contributed by atoms with Gasteiger partial charge in [-0.3, -0.25) is 4.79 Å². The van der Waals surface area contributed by atoms with Crippen molar-refractivity contribution < 1.29 is 9.18 Å². The molecule has 1 saturated heterocycles. The number of carbonyl (C=O) groups excluding carboxylic acids is 1. The highest BCUT2D eigenvalue weighted by Crippen LogP contribution is 2.17. The van der Waals surface area contributed by atoms with Gasteiger partial charge in [0, 0.05) is 30.5 Å². The topological polar surface area (TPSA) is 64.9 Å². The van der Waals surface area contributed by atoms with Gasteiger partial charge in [-0.05, 0) is 18.2 Å². The van der Waals surface area contributed by atoms with Gasteiger partial charge in [-0.25, -0.2) is 4.39 Å². The molecule has 2 rings (SSSR count). The number of halogens is 1. The lowest BCUT2D eigenvalue weighted by Gasteiger charge is -2.22. The van der Waals surface area contributed by atoms with E-state index in [0.29, 0.717) is 12.1 Å².